The monoisotopic (exact) mass is 333 g/mol. The third-order valence-corrected chi connectivity index (χ3v) is 4.72. The van der Waals surface area contributed by atoms with Gasteiger partial charge in [-0.25, -0.2) is 13.2 Å². The fourth-order valence-electron chi connectivity index (χ4n) is 1.54. The Morgan fingerprint density at radius 3 is 2.52 bits per heavy atom. The largest absolute Gasteiger partial charge is 0.462 e. The minimum absolute atomic E-state index is 0.138. The number of carbonyl (C=O) groups is 2. The van der Waals surface area contributed by atoms with Gasteiger partial charge in [0.15, 0.2) is 0 Å². The summed E-state index contributed by atoms with van der Waals surface area (Å²) in [5.41, 5.74) is 0.311. The highest BCUT2D eigenvalue weighted by molar-refractivity contribution is 7.90. The number of nitrogens with one attached hydrogen (secondary N) is 1. The molecule has 0 fully saturated rings. The lowest BCUT2D eigenvalue weighted by molar-refractivity contribution is -0.115. The normalized spacial score (nSPS) is 11.2. The molecule has 0 saturated heterocycles. The SMILES string of the molecule is CCOC(=O)c1cc(CC)sc1NC(=O)CCS(C)(=O)=O. The Morgan fingerprint density at radius 1 is 1.33 bits per heavy atom. The molecule has 6 nitrogen and oxygen atoms in total. The Balaban J connectivity index is 2.84. The van der Waals surface area contributed by atoms with Crippen LogP contribution in [0.5, 0.6) is 0 Å². The number of amides is 1. The molecule has 1 aromatic rings. The van der Waals surface area contributed by atoms with Crippen LogP contribution >= 0.6 is 11.3 Å². The zero-order valence-corrected chi connectivity index (χ0v) is 13.9. The van der Waals surface area contributed by atoms with Gasteiger partial charge in [-0.15, -0.1) is 11.3 Å². The molecule has 1 amide bonds. The Morgan fingerprint density at radius 2 is 2.00 bits per heavy atom. The van der Waals surface area contributed by atoms with Gasteiger partial charge in [-0.3, -0.25) is 4.79 Å². The molecule has 0 bridgehead atoms. The summed E-state index contributed by atoms with van der Waals surface area (Å²) in [4.78, 5) is 24.5. The summed E-state index contributed by atoms with van der Waals surface area (Å²) < 4.78 is 27.0. The van der Waals surface area contributed by atoms with Gasteiger partial charge in [-0.1, -0.05) is 6.92 Å². The molecule has 0 aliphatic heterocycles. The number of ether oxygens (including phenoxy) is 1. The minimum atomic E-state index is -3.20. The maximum Gasteiger partial charge on any atom is 0.341 e. The van der Waals surface area contributed by atoms with Gasteiger partial charge in [-0.05, 0) is 19.4 Å². The number of esters is 1. The molecular weight excluding hydrogens is 314 g/mol. The van der Waals surface area contributed by atoms with Gasteiger partial charge in [0, 0.05) is 17.6 Å². The van der Waals surface area contributed by atoms with Crippen LogP contribution in [0.25, 0.3) is 0 Å². The number of sulfone groups is 1. The standard InChI is InChI=1S/C13H19NO5S2/c1-4-9-8-10(13(16)19-5-2)12(20-9)14-11(15)6-7-21(3,17)18/h8H,4-7H2,1-3H3,(H,14,15). The molecule has 1 N–H and O–H groups in total. The average molecular weight is 333 g/mol. The van der Waals surface area contributed by atoms with Crippen LogP contribution in [0.15, 0.2) is 6.07 Å². The lowest BCUT2D eigenvalue weighted by Gasteiger charge is -2.05. The van der Waals surface area contributed by atoms with Crippen molar-refractivity contribution >= 4 is 38.1 Å². The number of thiophene rings is 1. The van der Waals surface area contributed by atoms with Gasteiger partial charge in [0.2, 0.25) is 5.91 Å². The summed E-state index contributed by atoms with van der Waals surface area (Å²) in [6.45, 7) is 3.89. The number of aryl methyl sites for hydroxylation is 1. The molecule has 118 valence electrons. The van der Waals surface area contributed by atoms with Crippen molar-refractivity contribution in [2.75, 3.05) is 23.9 Å². The molecule has 0 aromatic carbocycles. The van der Waals surface area contributed by atoms with Crippen LogP contribution < -0.4 is 5.32 Å². The molecule has 0 aliphatic carbocycles. The second kappa shape index (κ2) is 7.56. The molecule has 8 heteroatoms. The van der Waals surface area contributed by atoms with Gasteiger partial charge in [-0.2, -0.15) is 0 Å². The lowest BCUT2D eigenvalue weighted by Crippen LogP contribution is -2.17. The molecule has 0 unspecified atom stereocenters. The van der Waals surface area contributed by atoms with Crippen molar-refractivity contribution in [2.24, 2.45) is 0 Å². The van der Waals surface area contributed by atoms with E-state index in [0.717, 1.165) is 17.6 Å². The van der Waals surface area contributed by atoms with E-state index in [0.29, 0.717) is 10.6 Å². The molecule has 21 heavy (non-hydrogen) atoms. The first kappa shape index (κ1) is 17.6. The van der Waals surface area contributed by atoms with Crippen molar-refractivity contribution in [2.45, 2.75) is 26.7 Å². The molecule has 0 saturated carbocycles. The van der Waals surface area contributed by atoms with Gasteiger partial charge in [0.25, 0.3) is 0 Å². The highest BCUT2D eigenvalue weighted by atomic mass is 32.2. The molecule has 1 aromatic heterocycles. The van der Waals surface area contributed by atoms with Gasteiger partial charge in [0.05, 0.1) is 17.9 Å². The fourth-order valence-corrected chi connectivity index (χ4v) is 3.09. The first-order valence-electron chi connectivity index (χ1n) is 6.54. The Bertz CT molecular complexity index is 619. The number of hydrogen-bond donors (Lipinski definition) is 1. The molecule has 0 radical (unpaired) electrons. The zero-order chi connectivity index (χ0) is 16.0. The van der Waals surface area contributed by atoms with E-state index < -0.39 is 21.7 Å². The van der Waals surface area contributed by atoms with E-state index in [9.17, 15) is 18.0 Å². The number of anilines is 1. The van der Waals surface area contributed by atoms with Crippen molar-refractivity contribution in [3.8, 4) is 0 Å². The molecule has 1 heterocycles. The maximum absolute atomic E-state index is 11.8. The highest BCUT2D eigenvalue weighted by Crippen LogP contribution is 2.29. The first-order valence-corrected chi connectivity index (χ1v) is 9.42. The summed E-state index contributed by atoms with van der Waals surface area (Å²) in [5, 5.41) is 3.00. The molecule has 0 aliphatic rings. The summed E-state index contributed by atoms with van der Waals surface area (Å²) in [6.07, 6.45) is 1.67. The number of carbonyl (C=O) groups excluding carboxylic acids is 2. The first-order chi connectivity index (χ1) is 9.76. The zero-order valence-electron chi connectivity index (χ0n) is 12.3. The average Bonchev–Trinajstić information content (AvgIpc) is 2.79. The molecule has 0 atom stereocenters. The summed E-state index contributed by atoms with van der Waals surface area (Å²) >= 11 is 1.29. The fraction of sp³-hybridized carbons (Fsp3) is 0.538. The van der Waals surface area contributed by atoms with Gasteiger partial charge in [0.1, 0.15) is 14.8 Å². The van der Waals surface area contributed by atoms with Gasteiger partial charge >= 0.3 is 5.97 Å². The van der Waals surface area contributed by atoms with Crippen molar-refractivity contribution in [1.82, 2.24) is 0 Å². The third kappa shape index (κ3) is 5.84. The quantitative estimate of drug-likeness (QED) is 0.769. The maximum atomic E-state index is 11.8. The third-order valence-electron chi connectivity index (χ3n) is 2.58. The van der Waals surface area contributed by atoms with E-state index in [1.165, 1.54) is 11.3 Å². The van der Waals surface area contributed by atoms with Crippen molar-refractivity contribution in [1.29, 1.82) is 0 Å². The topological polar surface area (TPSA) is 89.5 Å². The Labute approximate surface area is 128 Å². The molecule has 0 spiro atoms. The van der Waals surface area contributed by atoms with E-state index in [1.54, 1.807) is 13.0 Å². The van der Waals surface area contributed by atoms with Gasteiger partial charge < -0.3 is 10.1 Å². The van der Waals surface area contributed by atoms with Crippen molar-refractivity contribution in [3.05, 3.63) is 16.5 Å². The predicted octanol–water partition coefficient (Wildman–Crippen LogP) is 1.86. The molecule has 1 rings (SSSR count). The van der Waals surface area contributed by atoms with Crippen LogP contribution in [-0.2, 0) is 25.8 Å². The van der Waals surface area contributed by atoms with E-state index in [1.807, 2.05) is 6.92 Å². The second-order valence-electron chi connectivity index (χ2n) is 4.46. The van der Waals surface area contributed by atoms with Crippen molar-refractivity contribution < 1.29 is 22.7 Å². The van der Waals surface area contributed by atoms with E-state index in [4.69, 9.17) is 4.74 Å². The van der Waals surface area contributed by atoms with E-state index >= 15 is 0 Å². The Kier molecular flexibility index (Phi) is 6.35. The van der Waals surface area contributed by atoms with Crippen molar-refractivity contribution in [3.63, 3.8) is 0 Å². The van der Waals surface area contributed by atoms with Crippen LogP contribution in [0, 0.1) is 0 Å². The minimum Gasteiger partial charge on any atom is -0.462 e. The summed E-state index contributed by atoms with van der Waals surface area (Å²) in [5.74, 6) is -1.15. The predicted molar refractivity (Wildman–Crippen MR) is 82.6 cm³/mol. The van der Waals surface area contributed by atoms with E-state index in [-0.39, 0.29) is 18.8 Å². The van der Waals surface area contributed by atoms with E-state index in [2.05, 4.69) is 5.32 Å². The smallest absolute Gasteiger partial charge is 0.341 e. The van der Waals surface area contributed by atoms with Crippen LogP contribution in [0.3, 0.4) is 0 Å². The lowest BCUT2D eigenvalue weighted by atomic mass is 10.2. The van der Waals surface area contributed by atoms with Crippen LogP contribution in [0.1, 0.15) is 35.5 Å². The second-order valence-corrected chi connectivity index (χ2v) is 7.85. The number of rotatable bonds is 7. The number of hydrogen-bond acceptors (Lipinski definition) is 6. The molecular formula is C13H19NO5S2. The summed E-state index contributed by atoms with van der Waals surface area (Å²) in [7, 11) is -3.20. The Hall–Kier alpha value is -1.41. The van der Waals surface area contributed by atoms with Crippen LogP contribution in [-0.4, -0.2) is 38.9 Å². The van der Waals surface area contributed by atoms with Crippen LogP contribution in [0.4, 0.5) is 5.00 Å². The highest BCUT2D eigenvalue weighted by Gasteiger charge is 2.19. The van der Waals surface area contributed by atoms with Crippen LogP contribution in [0.2, 0.25) is 0 Å². The summed E-state index contributed by atoms with van der Waals surface area (Å²) in [6, 6.07) is 1.69.